The molecule has 0 N–H and O–H groups in total. The van der Waals surface area contributed by atoms with Gasteiger partial charge in [-0.3, -0.25) is 0 Å². The molecule has 0 heterocycles. The molecule has 0 aliphatic heterocycles. The summed E-state index contributed by atoms with van der Waals surface area (Å²) >= 11 is -3.52. The van der Waals surface area contributed by atoms with Crippen LogP contribution in [0.25, 0.3) is 11.1 Å². The van der Waals surface area contributed by atoms with Gasteiger partial charge in [-0.15, -0.1) is 0 Å². The van der Waals surface area contributed by atoms with Crippen LogP contribution in [0, 0.1) is 13.8 Å². The Bertz CT molecular complexity index is 1080. The van der Waals surface area contributed by atoms with Gasteiger partial charge >= 0.3 is 174 Å². The zero-order chi connectivity index (χ0) is 20.3. The summed E-state index contributed by atoms with van der Waals surface area (Å²) in [5.41, 5.74) is 9.09. The van der Waals surface area contributed by atoms with Gasteiger partial charge in [0, 0.05) is 0 Å². The third-order valence-corrected chi connectivity index (χ3v) is 44.9. The molecule has 0 aromatic heterocycles. The van der Waals surface area contributed by atoms with Crippen molar-refractivity contribution in [2.45, 2.75) is 61.6 Å². The maximum absolute atomic E-state index is 3.52. The van der Waals surface area contributed by atoms with Gasteiger partial charge in [-0.2, -0.15) is 0 Å². The summed E-state index contributed by atoms with van der Waals surface area (Å²) in [7, 11) is 0. The second-order valence-electron chi connectivity index (χ2n) is 9.89. The number of hydrogen-bond acceptors (Lipinski definition) is 0. The minimum atomic E-state index is -3.52. The molecule has 0 atom stereocenters. The van der Waals surface area contributed by atoms with E-state index in [0.29, 0.717) is 0 Å². The SMILES string of the molecule is Cc1ccc2c(c1)Cc1c-2ccc(C)[c]1[Zr](=[SiH2])([C]1=CC=CC1)([CH](C)C)[CH](C)C. The first kappa shape index (κ1) is 20.3. The quantitative estimate of drug-likeness (QED) is 0.400. The van der Waals surface area contributed by atoms with Crippen molar-refractivity contribution >= 4 is 10.2 Å². The third kappa shape index (κ3) is 2.50. The van der Waals surface area contributed by atoms with Gasteiger partial charge in [0.15, 0.2) is 0 Å². The summed E-state index contributed by atoms with van der Waals surface area (Å²) < 4.78 is 5.06. The first-order valence-corrected chi connectivity index (χ1v) is 22.0. The first-order valence-electron chi connectivity index (χ1n) is 10.8. The van der Waals surface area contributed by atoms with Crippen LogP contribution in [0.3, 0.4) is 0 Å². The van der Waals surface area contributed by atoms with E-state index >= 15 is 0 Å². The molecule has 0 spiro atoms. The van der Waals surface area contributed by atoms with E-state index in [-0.39, 0.29) is 0 Å². The fourth-order valence-corrected chi connectivity index (χ4v) is 28.9. The number of fused-ring (bicyclic) bond motifs is 3. The summed E-state index contributed by atoms with van der Waals surface area (Å²) in [6.07, 6.45) is 9.49. The number of allylic oxidation sites excluding steroid dienone is 4. The van der Waals surface area contributed by atoms with Crippen molar-refractivity contribution in [3.63, 3.8) is 0 Å². The molecule has 0 saturated carbocycles. The van der Waals surface area contributed by atoms with Crippen molar-refractivity contribution in [2.75, 3.05) is 0 Å². The van der Waals surface area contributed by atoms with Gasteiger partial charge in [-0.05, 0) is 0 Å². The molecule has 2 aliphatic rings. The van der Waals surface area contributed by atoms with Crippen LogP contribution in [0.4, 0.5) is 0 Å². The Morgan fingerprint density at radius 3 is 2.21 bits per heavy atom. The van der Waals surface area contributed by atoms with E-state index in [4.69, 9.17) is 0 Å². The molecular formula is C26H34SiZr. The van der Waals surface area contributed by atoms with E-state index in [2.05, 4.69) is 97.0 Å². The summed E-state index contributed by atoms with van der Waals surface area (Å²) in [5.74, 6) is 0. The Balaban J connectivity index is 2.10. The Hall–Kier alpha value is -0.980. The molecule has 2 aromatic rings. The molecule has 0 radical (unpaired) electrons. The molecule has 4 rings (SSSR count). The summed E-state index contributed by atoms with van der Waals surface area (Å²) in [6, 6.07) is 11.9. The Kier molecular flexibility index (Phi) is 4.91. The molecule has 0 unspecified atom stereocenters. The van der Waals surface area contributed by atoms with Crippen molar-refractivity contribution in [1.29, 1.82) is 0 Å². The third-order valence-electron chi connectivity index (χ3n) is 8.20. The topological polar surface area (TPSA) is 0 Å². The zero-order valence-corrected chi connectivity index (χ0v) is 22.3. The monoisotopic (exact) mass is 464 g/mol. The van der Waals surface area contributed by atoms with Gasteiger partial charge in [0.25, 0.3) is 0 Å². The number of benzene rings is 2. The van der Waals surface area contributed by atoms with Gasteiger partial charge in [0.05, 0.1) is 0 Å². The van der Waals surface area contributed by atoms with Crippen molar-refractivity contribution in [2.24, 2.45) is 0 Å². The van der Waals surface area contributed by atoms with E-state index in [1.807, 2.05) is 3.27 Å². The average Bonchev–Trinajstić information content (AvgIpc) is 3.28. The zero-order valence-electron chi connectivity index (χ0n) is 18.4. The van der Waals surface area contributed by atoms with Crippen molar-refractivity contribution in [3.8, 4) is 11.1 Å². The molecule has 0 nitrogen and oxygen atoms in total. The fourth-order valence-electron chi connectivity index (χ4n) is 6.38. The van der Waals surface area contributed by atoms with Crippen LogP contribution in [-0.4, -0.2) is 6.88 Å². The fraction of sp³-hybridized carbons (Fsp3) is 0.385. The molecule has 0 fully saturated rings. The molecule has 2 heteroatoms. The maximum atomic E-state index is 2.53. The Labute approximate surface area is 173 Å². The summed E-state index contributed by atoms with van der Waals surface area (Å²) in [6.45, 7) is 17.2. The van der Waals surface area contributed by atoms with E-state index in [0.717, 1.165) is 13.7 Å². The number of aryl methyl sites for hydroxylation is 2. The van der Waals surface area contributed by atoms with Crippen LogP contribution in [0.1, 0.15) is 56.4 Å². The average molecular weight is 466 g/mol. The van der Waals surface area contributed by atoms with Crippen LogP contribution in [0.5, 0.6) is 0 Å². The second kappa shape index (κ2) is 6.78. The van der Waals surface area contributed by atoms with Crippen LogP contribution in [0.2, 0.25) is 7.25 Å². The molecule has 0 bridgehead atoms. The van der Waals surface area contributed by atoms with E-state index in [1.54, 1.807) is 14.4 Å². The second-order valence-corrected chi connectivity index (χ2v) is 35.4. The molecule has 0 saturated heterocycles. The molecule has 0 amide bonds. The van der Waals surface area contributed by atoms with Crippen molar-refractivity contribution in [1.82, 2.24) is 0 Å². The summed E-state index contributed by atoms with van der Waals surface area (Å²) in [4.78, 5) is 0. The standard InChI is InChI=1S/C15H13.C5H5.2C3H7.H2Si.Zr/c1-10-3-5-14-12(7-10)9-13-8-11(2)4-6-15(13)14;1-2-4-5-3-1;2*1-3-2;;/h3-7H,9H2,1-2H3;1-3H,4H2;2*3H,1-2H3;1H2;. The molecule has 28 heavy (non-hydrogen) atoms. The van der Waals surface area contributed by atoms with Gasteiger partial charge < -0.3 is 0 Å². The van der Waals surface area contributed by atoms with Gasteiger partial charge in [0.1, 0.15) is 0 Å². The van der Waals surface area contributed by atoms with Gasteiger partial charge in [0.2, 0.25) is 0 Å². The van der Waals surface area contributed by atoms with Gasteiger partial charge in [-0.25, -0.2) is 0 Å². The van der Waals surface area contributed by atoms with E-state index in [1.165, 1.54) is 28.7 Å². The van der Waals surface area contributed by atoms with E-state index < -0.39 is 17.4 Å². The van der Waals surface area contributed by atoms with Crippen LogP contribution in [0.15, 0.2) is 51.8 Å². The van der Waals surface area contributed by atoms with Crippen LogP contribution in [-0.2, 0) is 23.8 Å². The molecular weight excluding hydrogens is 432 g/mol. The number of hydrogen-bond donors (Lipinski definition) is 0. The predicted molar refractivity (Wildman–Crippen MR) is 124 cm³/mol. The van der Waals surface area contributed by atoms with Crippen molar-refractivity contribution < 1.29 is 17.4 Å². The van der Waals surface area contributed by atoms with Crippen molar-refractivity contribution in [3.05, 3.63) is 74.1 Å². The minimum absolute atomic E-state index is 0.724. The van der Waals surface area contributed by atoms with Gasteiger partial charge in [-0.1, -0.05) is 0 Å². The van der Waals surface area contributed by atoms with Crippen LogP contribution < -0.4 is 3.27 Å². The normalized spacial score (nSPS) is 16.0. The molecule has 2 aromatic carbocycles. The first-order chi connectivity index (χ1) is 13.2. The molecule has 2 aliphatic carbocycles. The Morgan fingerprint density at radius 2 is 1.61 bits per heavy atom. The number of rotatable bonds is 4. The Morgan fingerprint density at radius 1 is 0.929 bits per heavy atom. The predicted octanol–water partition coefficient (Wildman–Crippen LogP) is 6.24. The summed E-state index contributed by atoms with van der Waals surface area (Å²) in [5, 5.41) is 0. The van der Waals surface area contributed by atoms with E-state index in [9.17, 15) is 0 Å². The molecule has 146 valence electrons. The van der Waals surface area contributed by atoms with Crippen LogP contribution >= 0.6 is 0 Å².